The molecule has 1 N–H and O–H groups in total. The van der Waals surface area contributed by atoms with Crippen molar-refractivity contribution in [2.45, 2.75) is 44.0 Å². The Bertz CT molecular complexity index is 1290. The smallest absolute Gasteiger partial charge is 0.414 e. The molecule has 0 saturated heterocycles. The van der Waals surface area contributed by atoms with E-state index in [9.17, 15) is 23.1 Å². The van der Waals surface area contributed by atoms with Crippen molar-refractivity contribution in [2.24, 2.45) is 15.4 Å². The molecule has 1 aliphatic heterocycles. The Hall–Kier alpha value is -3.80. The number of carbonyl (C=O) groups excluding carboxylic acids is 1. The molecule has 0 aromatic carbocycles. The van der Waals surface area contributed by atoms with Crippen LogP contribution in [-0.4, -0.2) is 58.2 Å². The maximum absolute atomic E-state index is 12.8. The predicted molar refractivity (Wildman–Crippen MR) is 124 cm³/mol. The average molecular weight is 503 g/mol. The highest BCUT2D eigenvalue weighted by molar-refractivity contribution is 5.99. The van der Waals surface area contributed by atoms with E-state index >= 15 is 0 Å². The molecule has 0 spiro atoms. The molecule has 190 valence electrons. The van der Waals surface area contributed by atoms with Gasteiger partial charge in [0.25, 0.3) is 0 Å². The van der Waals surface area contributed by atoms with Crippen molar-refractivity contribution in [3.8, 4) is 17.1 Å². The quantitative estimate of drug-likeness (QED) is 0.429. The van der Waals surface area contributed by atoms with Crippen molar-refractivity contribution in [2.75, 3.05) is 13.7 Å². The molecule has 12 heteroatoms. The van der Waals surface area contributed by atoms with Crippen LogP contribution in [0.25, 0.3) is 16.8 Å². The van der Waals surface area contributed by atoms with Gasteiger partial charge in [-0.1, -0.05) is 0 Å². The average Bonchev–Trinajstić information content (AvgIpc) is 3.47. The van der Waals surface area contributed by atoms with E-state index in [0.29, 0.717) is 28.2 Å². The second-order valence-corrected chi connectivity index (χ2v) is 8.36. The topological polar surface area (TPSA) is 110 Å². The molecule has 2 atom stereocenters. The Kier molecular flexibility index (Phi) is 7.07. The largest absolute Gasteiger partial charge is 0.481 e. The molecule has 0 aliphatic carbocycles. The number of ether oxygens (including phenoxy) is 2. The number of hydrogen-bond acceptors (Lipinski definition) is 8. The summed E-state index contributed by atoms with van der Waals surface area (Å²) in [5, 5.41) is 20.8. The Morgan fingerprint density at radius 2 is 2.06 bits per heavy atom. The molecule has 0 radical (unpaired) electrons. The zero-order valence-electron chi connectivity index (χ0n) is 19.6. The number of fused-ring (bicyclic) bond motifs is 1. The summed E-state index contributed by atoms with van der Waals surface area (Å²) in [5.74, 6) is -0.0733. The third kappa shape index (κ3) is 5.23. The van der Waals surface area contributed by atoms with Gasteiger partial charge in [-0.2, -0.15) is 18.3 Å². The molecular formula is C24H24F3N5O4. The number of carbonyl (C=O) groups is 1. The van der Waals surface area contributed by atoms with Gasteiger partial charge in [0.05, 0.1) is 31.2 Å². The number of rotatable bonds is 9. The van der Waals surface area contributed by atoms with Gasteiger partial charge in [0.2, 0.25) is 5.88 Å². The molecule has 1 aliphatic rings. The highest BCUT2D eigenvalue weighted by Crippen LogP contribution is 2.33. The highest BCUT2D eigenvalue weighted by Gasteiger charge is 2.41. The van der Waals surface area contributed by atoms with Crippen LogP contribution in [0.2, 0.25) is 0 Å². The summed E-state index contributed by atoms with van der Waals surface area (Å²) in [5.41, 5.74) is 1.88. The molecule has 3 aromatic rings. The lowest BCUT2D eigenvalue weighted by molar-refractivity contribution is -0.206. The summed E-state index contributed by atoms with van der Waals surface area (Å²) < 4.78 is 50.6. The first-order chi connectivity index (χ1) is 17.2. The van der Waals surface area contributed by atoms with Gasteiger partial charge in [-0.15, -0.1) is 5.10 Å². The van der Waals surface area contributed by atoms with Crippen LogP contribution in [0.4, 0.5) is 13.2 Å². The minimum atomic E-state index is -4.71. The highest BCUT2D eigenvalue weighted by atomic mass is 19.4. The minimum Gasteiger partial charge on any atom is -0.481 e. The number of methoxy groups -OCH3 is 1. The fraction of sp³-hybridized carbons (Fsp3) is 0.375. The van der Waals surface area contributed by atoms with E-state index in [-0.39, 0.29) is 19.4 Å². The molecule has 0 amide bonds. The number of nitrogens with zero attached hydrogens (tertiary/aromatic N) is 5. The summed E-state index contributed by atoms with van der Waals surface area (Å²) in [4.78, 5) is 17.0. The summed E-state index contributed by atoms with van der Waals surface area (Å²) in [6, 6.07) is 8.74. The zero-order valence-corrected chi connectivity index (χ0v) is 19.6. The Balaban J connectivity index is 1.68. The Labute approximate surface area is 204 Å². The fourth-order valence-corrected chi connectivity index (χ4v) is 4.10. The Morgan fingerprint density at radius 3 is 2.67 bits per heavy atom. The van der Waals surface area contributed by atoms with Crippen molar-refractivity contribution < 1.29 is 32.5 Å². The second kappa shape index (κ2) is 10.1. The van der Waals surface area contributed by atoms with Crippen molar-refractivity contribution in [3.05, 3.63) is 53.9 Å². The first-order valence-electron chi connectivity index (χ1n) is 11.2. The molecule has 4 rings (SSSR count). The van der Waals surface area contributed by atoms with Gasteiger partial charge in [-0.05, 0) is 54.8 Å². The van der Waals surface area contributed by atoms with Gasteiger partial charge >= 0.3 is 12.1 Å². The normalized spacial score (nSPS) is 18.1. The van der Waals surface area contributed by atoms with Gasteiger partial charge in [-0.25, -0.2) is 9.78 Å². The van der Waals surface area contributed by atoms with Crippen LogP contribution >= 0.6 is 0 Å². The molecule has 0 bridgehead atoms. The van der Waals surface area contributed by atoms with E-state index in [1.165, 1.54) is 13.3 Å². The zero-order chi connectivity index (χ0) is 25.9. The molecule has 0 saturated carbocycles. The number of alkyl halides is 3. The summed E-state index contributed by atoms with van der Waals surface area (Å²) >= 11 is 0. The number of pyridine rings is 2. The monoisotopic (exact) mass is 503 g/mol. The van der Waals surface area contributed by atoms with Crippen LogP contribution in [0.1, 0.15) is 35.7 Å². The molecule has 36 heavy (non-hydrogen) atoms. The number of esters is 1. The number of aliphatic hydroxyl groups excluding tert-OH is 1. The molecule has 4 heterocycles. The van der Waals surface area contributed by atoms with E-state index in [4.69, 9.17) is 9.47 Å². The lowest BCUT2D eigenvalue weighted by atomic mass is 9.87. The third-order valence-corrected chi connectivity index (χ3v) is 5.88. The van der Waals surface area contributed by atoms with Crippen LogP contribution in [0.15, 0.2) is 58.2 Å². The number of hydrogen-bond donors (Lipinski definition) is 1. The van der Waals surface area contributed by atoms with Gasteiger partial charge in [0.15, 0.2) is 0 Å². The van der Waals surface area contributed by atoms with Crippen LogP contribution in [0.3, 0.4) is 0 Å². The van der Waals surface area contributed by atoms with Gasteiger partial charge < -0.3 is 19.0 Å². The van der Waals surface area contributed by atoms with Crippen LogP contribution in [0.5, 0.6) is 5.88 Å². The van der Waals surface area contributed by atoms with Crippen molar-refractivity contribution in [1.29, 1.82) is 0 Å². The molecule has 0 fully saturated rings. The lowest BCUT2D eigenvalue weighted by Gasteiger charge is -2.23. The summed E-state index contributed by atoms with van der Waals surface area (Å²) in [7, 11) is 1.51. The molecule has 3 aromatic heterocycles. The standard InChI is InChI=1S/C24H24F3N5O4/c1-3-36-22(34)18-11-17-10-15(7-9-32(17)21(18)16-4-5-20(35-2)28-13-16)12-23(14-29-31-30-23)8-6-19(33)24(25,26)27/h4-5,7,9-11,13-14,19,33H,3,6,8,12H2,1-2H3. The fourth-order valence-electron chi connectivity index (χ4n) is 4.10. The van der Waals surface area contributed by atoms with Gasteiger partial charge in [-0.3, -0.25) is 0 Å². The van der Waals surface area contributed by atoms with E-state index in [1.807, 2.05) is 10.5 Å². The lowest BCUT2D eigenvalue weighted by Crippen LogP contribution is -2.35. The van der Waals surface area contributed by atoms with Gasteiger partial charge in [0, 0.05) is 36.0 Å². The van der Waals surface area contributed by atoms with Gasteiger partial charge in [0.1, 0.15) is 11.6 Å². The van der Waals surface area contributed by atoms with Crippen molar-refractivity contribution >= 4 is 17.7 Å². The van der Waals surface area contributed by atoms with E-state index in [2.05, 4.69) is 20.4 Å². The van der Waals surface area contributed by atoms with Crippen molar-refractivity contribution in [1.82, 2.24) is 9.38 Å². The SMILES string of the molecule is CCOC(=O)c1cc2cc(CC3(CCC(O)C(F)(F)F)C=NN=N3)ccn2c1-c1ccc(OC)nc1. The maximum Gasteiger partial charge on any atom is 0.414 e. The summed E-state index contributed by atoms with van der Waals surface area (Å²) in [6.45, 7) is 1.92. The van der Waals surface area contributed by atoms with E-state index < -0.39 is 30.2 Å². The summed E-state index contributed by atoms with van der Waals surface area (Å²) in [6.07, 6.45) is -2.85. The second-order valence-electron chi connectivity index (χ2n) is 8.36. The molecule has 9 nitrogen and oxygen atoms in total. The molecular weight excluding hydrogens is 479 g/mol. The Morgan fingerprint density at radius 1 is 1.25 bits per heavy atom. The van der Waals surface area contributed by atoms with Crippen LogP contribution in [-0.2, 0) is 11.2 Å². The number of aromatic nitrogens is 2. The van der Waals surface area contributed by atoms with E-state index in [0.717, 1.165) is 5.56 Å². The predicted octanol–water partition coefficient (Wildman–Crippen LogP) is 4.62. The number of aliphatic hydroxyl groups is 1. The first-order valence-corrected chi connectivity index (χ1v) is 11.2. The van der Waals surface area contributed by atoms with Crippen LogP contribution in [0, 0.1) is 0 Å². The van der Waals surface area contributed by atoms with E-state index in [1.54, 1.807) is 43.6 Å². The first kappa shape index (κ1) is 25.3. The minimum absolute atomic E-state index is 0.0935. The number of halogens is 3. The van der Waals surface area contributed by atoms with Crippen molar-refractivity contribution in [3.63, 3.8) is 0 Å². The third-order valence-electron chi connectivity index (χ3n) is 5.88. The maximum atomic E-state index is 12.8. The molecule has 2 unspecified atom stereocenters. The van der Waals surface area contributed by atoms with Crippen LogP contribution < -0.4 is 4.74 Å².